The molecule has 0 fully saturated rings. The van der Waals surface area contributed by atoms with Gasteiger partial charge in [-0.2, -0.15) is 0 Å². The molecule has 0 atom stereocenters. The average molecular weight is 403 g/mol. The molecule has 0 saturated carbocycles. The fraction of sp³-hybridized carbons (Fsp3) is 0.407. The quantitative estimate of drug-likeness (QED) is 0.301. The highest BCUT2D eigenvalue weighted by Crippen LogP contribution is 2.20. The molecule has 1 heterocycles. The van der Waals surface area contributed by atoms with Crippen molar-refractivity contribution >= 4 is 0 Å². The molecule has 0 bridgehead atoms. The molecule has 3 aromatic rings. The van der Waals surface area contributed by atoms with Crippen LogP contribution in [0.4, 0.5) is 0 Å². The standard InChI is InChI=1S/C27H34N2O/c1-3-5-6-7-8-10-23-15-17-25(18-16-23)26-19-29-27(20-28-26)30-21-24-13-11-22(9-4-2)12-14-24/h11-20H,3-10,21H2,1-2H3. The lowest BCUT2D eigenvalue weighted by Crippen LogP contribution is -1.98. The maximum absolute atomic E-state index is 5.80. The lowest BCUT2D eigenvalue weighted by Gasteiger charge is -2.07. The second-order valence-electron chi connectivity index (χ2n) is 7.96. The van der Waals surface area contributed by atoms with Gasteiger partial charge in [-0.05, 0) is 36.0 Å². The monoisotopic (exact) mass is 402 g/mol. The van der Waals surface area contributed by atoms with Gasteiger partial charge in [0.2, 0.25) is 5.88 Å². The summed E-state index contributed by atoms with van der Waals surface area (Å²) < 4.78 is 5.80. The molecule has 3 nitrogen and oxygen atoms in total. The van der Waals surface area contributed by atoms with Crippen LogP contribution in [0.3, 0.4) is 0 Å². The zero-order valence-electron chi connectivity index (χ0n) is 18.4. The van der Waals surface area contributed by atoms with Crippen LogP contribution in [0, 0.1) is 0 Å². The van der Waals surface area contributed by atoms with Crippen molar-refractivity contribution in [3.63, 3.8) is 0 Å². The second kappa shape index (κ2) is 12.1. The van der Waals surface area contributed by atoms with Crippen LogP contribution in [0.5, 0.6) is 5.88 Å². The van der Waals surface area contributed by atoms with E-state index in [1.165, 1.54) is 49.7 Å². The first-order valence-corrected chi connectivity index (χ1v) is 11.4. The predicted molar refractivity (Wildman–Crippen MR) is 125 cm³/mol. The van der Waals surface area contributed by atoms with Crippen molar-refractivity contribution in [3.05, 3.63) is 77.6 Å². The Morgan fingerprint density at radius 3 is 1.97 bits per heavy atom. The summed E-state index contributed by atoms with van der Waals surface area (Å²) in [5.74, 6) is 0.556. The number of aromatic nitrogens is 2. The van der Waals surface area contributed by atoms with E-state index in [2.05, 4.69) is 72.3 Å². The van der Waals surface area contributed by atoms with Gasteiger partial charge in [-0.1, -0.05) is 94.5 Å². The number of rotatable bonds is 12. The first-order chi connectivity index (χ1) is 14.8. The Labute approximate surface area is 181 Å². The van der Waals surface area contributed by atoms with Crippen molar-refractivity contribution in [1.82, 2.24) is 9.97 Å². The molecule has 0 N–H and O–H groups in total. The lowest BCUT2D eigenvalue weighted by molar-refractivity contribution is 0.292. The van der Waals surface area contributed by atoms with Gasteiger partial charge in [0.25, 0.3) is 0 Å². The molecule has 3 heteroatoms. The highest BCUT2D eigenvalue weighted by atomic mass is 16.5. The first-order valence-electron chi connectivity index (χ1n) is 11.4. The molecule has 1 aromatic heterocycles. The molecule has 0 unspecified atom stereocenters. The summed E-state index contributed by atoms with van der Waals surface area (Å²) in [7, 11) is 0. The fourth-order valence-electron chi connectivity index (χ4n) is 3.56. The van der Waals surface area contributed by atoms with Gasteiger partial charge in [0.15, 0.2) is 0 Å². The summed E-state index contributed by atoms with van der Waals surface area (Å²) in [5, 5.41) is 0. The van der Waals surface area contributed by atoms with E-state index in [0.717, 1.165) is 29.7 Å². The molecule has 0 aliphatic rings. The molecule has 158 valence electrons. The number of aryl methyl sites for hydroxylation is 2. The minimum atomic E-state index is 0.507. The van der Waals surface area contributed by atoms with E-state index in [9.17, 15) is 0 Å². The van der Waals surface area contributed by atoms with Crippen LogP contribution in [0.25, 0.3) is 11.3 Å². The summed E-state index contributed by atoms with van der Waals surface area (Å²) >= 11 is 0. The largest absolute Gasteiger partial charge is 0.472 e. The van der Waals surface area contributed by atoms with Crippen molar-refractivity contribution in [2.75, 3.05) is 0 Å². The molecule has 0 saturated heterocycles. The lowest BCUT2D eigenvalue weighted by atomic mass is 10.0. The molecular formula is C27H34N2O. The number of hydrogen-bond acceptors (Lipinski definition) is 3. The number of benzene rings is 2. The van der Waals surface area contributed by atoms with Crippen molar-refractivity contribution < 1.29 is 4.74 Å². The van der Waals surface area contributed by atoms with Crippen LogP contribution in [0.1, 0.15) is 69.1 Å². The van der Waals surface area contributed by atoms with E-state index >= 15 is 0 Å². The van der Waals surface area contributed by atoms with Gasteiger partial charge in [0.1, 0.15) is 6.61 Å². The summed E-state index contributed by atoms with van der Waals surface area (Å²) in [6, 6.07) is 17.3. The van der Waals surface area contributed by atoms with Crippen molar-refractivity contribution in [3.8, 4) is 17.1 Å². The Bertz CT molecular complexity index is 855. The third-order valence-electron chi connectivity index (χ3n) is 5.40. The van der Waals surface area contributed by atoms with Crippen molar-refractivity contribution in [2.24, 2.45) is 0 Å². The molecular weight excluding hydrogens is 368 g/mol. The Hall–Kier alpha value is -2.68. The van der Waals surface area contributed by atoms with Crippen LogP contribution in [0.15, 0.2) is 60.9 Å². The maximum Gasteiger partial charge on any atom is 0.232 e. The van der Waals surface area contributed by atoms with Crippen LogP contribution >= 0.6 is 0 Å². The number of unbranched alkanes of at least 4 members (excludes halogenated alkanes) is 4. The summed E-state index contributed by atoms with van der Waals surface area (Å²) in [6.45, 7) is 4.96. The van der Waals surface area contributed by atoms with E-state index < -0.39 is 0 Å². The number of ether oxygens (including phenoxy) is 1. The molecule has 0 aliphatic heterocycles. The normalized spacial score (nSPS) is 10.9. The zero-order valence-corrected chi connectivity index (χ0v) is 18.4. The van der Waals surface area contributed by atoms with Gasteiger partial charge in [0, 0.05) is 5.56 Å². The van der Waals surface area contributed by atoms with Gasteiger partial charge in [-0.3, -0.25) is 0 Å². The predicted octanol–water partition coefficient (Wildman–Crippen LogP) is 7.19. The summed E-state index contributed by atoms with van der Waals surface area (Å²) in [6.07, 6.45) is 13.5. The third kappa shape index (κ3) is 6.98. The van der Waals surface area contributed by atoms with Crippen LogP contribution < -0.4 is 4.74 Å². The zero-order chi connectivity index (χ0) is 21.0. The van der Waals surface area contributed by atoms with Crippen LogP contribution in [-0.4, -0.2) is 9.97 Å². The number of hydrogen-bond donors (Lipinski definition) is 0. The topological polar surface area (TPSA) is 35.0 Å². The van der Waals surface area contributed by atoms with Gasteiger partial charge >= 0.3 is 0 Å². The first kappa shape index (κ1) is 22.0. The van der Waals surface area contributed by atoms with Gasteiger partial charge < -0.3 is 4.74 Å². The molecule has 0 amide bonds. The molecule has 30 heavy (non-hydrogen) atoms. The van der Waals surface area contributed by atoms with Crippen LogP contribution in [-0.2, 0) is 19.4 Å². The van der Waals surface area contributed by atoms with E-state index in [1.54, 1.807) is 12.4 Å². The smallest absolute Gasteiger partial charge is 0.232 e. The molecule has 3 rings (SSSR count). The Morgan fingerprint density at radius 1 is 0.633 bits per heavy atom. The molecule has 2 aromatic carbocycles. The minimum absolute atomic E-state index is 0.507. The van der Waals surface area contributed by atoms with Gasteiger partial charge in [-0.25, -0.2) is 9.97 Å². The minimum Gasteiger partial charge on any atom is -0.472 e. The Balaban J connectivity index is 1.48. The van der Waals surface area contributed by atoms with E-state index in [4.69, 9.17) is 4.74 Å². The van der Waals surface area contributed by atoms with Crippen molar-refractivity contribution in [1.29, 1.82) is 0 Å². The Kier molecular flexibility index (Phi) is 8.89. The number of nitrogens with zero attached hydrogens (tertiary/aromatic N) is 2. The highest BCUT2D eigenvalue weighted by molar-refractivity contribution is 5.58. The molecule has 0 radical (unpaired) electrons. The molecule has 0 aliphatic carbocycles. The van der Waals surface area contributed by atoms with Gasteiger partial charge in [-0.15, -0.1) is 0 Å². The second-order valence-corrected chi connectivity index (χ2v) is 7.96. The van der Waals surface area contributed by atoms with Crippen LogP contribution in [0.2, 0.25) is 0 Å². The summed E-state index contributed by atoms with van der Waals surface area (Å²) in [5.41, 5.74) is 5.88. The van der Waals surface area contributed by atoms with E-state index in [-0.39, 0.29) is 0 Å². The van der Waals surface area contributed by atoms with Crippen molar-refractivity contribution in [2.45, 2.75) is 71.8 Å². The Morgan fingerprint density at radius 2 is 1.30 bits per heavy atom. The maximum atomic E-state index is 5.80. The van der Waals surface area contributed by atoms with Gasteiger partial charge in [0.05, 0.1) is 18.1 Å². The highest BCUT2D eigenvalue weighted by Gasteiger charge is 2.03. The molecule has 0 spiro atoms. The van der Waals surface area contributed by atoms with E-state index in [0.29, 0.717) is 12.5 Å². The SMILES string of the molecule is CCCCCCCc1ccc(-c2cnc(OCc3ccc(CCC)cc3)cn2)cc1. The summed E-state index contributed by atoms with van der Waals surface area (Å²) in [4.78, 5) is 8.97. The third-order valence-corrected chi connectivity index (χ3v) is 5.40. The average Bonchev–Trinajstić information content (AvgIpc) is 2.79. The van der Waals surface area contributed by atoms with E-state index in [1.807, 2.05) is 0 Å². The fourth-order valence-corrected chi connectivity index (χ4v) is 3.56.